The van der Waals surface area contributed by atoms with Crippen LogP contribution >= 0.6 is 0 Å². The summed E-state index contributed by atoms with van der Waals surface area (Å²) < 4.78 is 10.5. The summed E-state index contributed by atoms with van der Waals surface area (Å²) in [6, 6.07) is 5.40. The molecule has 2 aromatic rings. The predicted octanol–water partition coefficient (Wildman–Crippen LogP) is 1.62. The zero-order valence-corrected chi connectivity index (χ0v) is 14.8. The van der Waals surface area contributed by atoms with Crippen molar-refractivity contribution in [1.82, 2.24) is 25.1 Å². The van der Waals surface area contributed by atoms with Crippen LogP contribution in [-0.2, 0) is 11.3 Å². The zero-order valence-electron chi connectivity index (χ0n) is 14.8. The van der Waals surface area contributed by atoms with Gasteiger partial charge in [-0.25, -0.2) is 0 Å². The first-order valence-electron chi connectivity index (χ1n) is 8.38. The Balaban J connectivity index is 1.71. The van der Waals surface area contributed by atoms with E-state index in [2.05, 4.69) is 22.3 Å². The van der Waals surface area contributed by atoms with Gasteiger partial charge in [0.05, 0.1) is 14.2 Å². The summed E-state index contributed by atoms with van der Waals surface area (Å²) in [5, 5.41) is 12.4. The topological polar surface area (TPSA) is 82.4 Å². The molecule has 0 radical (unpaired) electrons. The van der Waals surface area contributed by atoms with Gasteiger partial charge in [0.1, 0.15) is 6.54 Å². The fraction of sp³-hybridized carbons (Fsp3) is 0.529. The average molecular weight is 345 g/mol. The summed E-state index contributed by atoms with van der Waals surface area (Å²) in [7, 11) is 3.16. The predicted molar refractivity (Wildman–Crippen MR) is 91.3 cm³/mol. The Morgan fingerprint density at radius 3 is 2.80 bits per heavy atom. The highest BCUT2D eigenvalue weighted by atomic mass is 16.5. The van der Waals surface area contributed by atoms with E-state index in [-0.39, 0.29) is 12.5 Å². The van der Waals surface area contributed by atoms with Gasteiger partial charge in [-0.3, -0.25) is 4.79 Å². The second-order valence-electron chi connectivity index (χ2n) is 6.30. The summed E-state index contributed by atoms with van der Waals surface area (Å²) in [5.41, 5.74) is 0.753. The molecule has 0 bridgehead atoms. The van der Waals surface area contributed by atoms with E-state index >= 15 is 0 Å². The third kappa shape index (κ3) is 3.89. The van der Waals surface area contributed by atoms with Gasteiger partial charge < -0.3 is 14.4 Å². The quantitative estimate of drug-likeness (QED) is 0.819. The van der Waals surface area contributed by atoms with Gasteiger partial charge in [0, 0.05) is 18.7 Å². The minimum Gasteiger partial charge on any atom is -0.493 e. The molecule has 8 heteroatoms. The maximum atomic E-state index is 12.4. The molecule has 0 saturated carbocycles. The van der Waals surface area contributed by atoms with Crippen LogP contribution in [0.25, 0.3) is 11.4 Å². The highest BCUT2D eigenvalue weighted by molar-refractivity contribution is 5.76. The number of piperidine rings is 1. The number of nitrogens with zero attached hydrogens (tertiary/aromatic N) is 5. The molecule has 1 aromatic heterocycles. The van der Waals surface area contributed by atoms with E-state index in [1.165, 1.54) is 11.2 Å². The maximum absolute atomic E-state index is 12.4. The van der Waals surface area contributed by atoms with Crippen LogP contribution in [0.5, 0.6) is 11.5 Å². The van der Waals surface area contributed by atoms with E-state index in [1.807, 2.05) is 11.0 Å². The number of methoxy groups -OCH3 is 2. The number of carbonyl (C=O) groups excluding carboxylic acids is 1. The Kier molecular flexibility index (Phi) is 5.16. The van der Waals surface area contributed by atoms with Gasteiger partial charge in [0.15, 0.2) is 11.5 Å². The van der Waals surface area contributed by atoms with Crippen molar-refractivity contribution in [2.45, 2.75) is 26.3 Å². The van der Waals surface area contributed by atoms with Crippen LogP contribution in [0.15, 0.2) is 18.2 Å². The van der Waals surface area contributed by atoms with E-state index < -0.39 is 0 Å². The Morgan fingerprint density at radius 1 is 1.28 bits per heavy atom. The fourth-order valence-electron chi connectivity index (χ4n) is 3.04. The second-order valence-corrected chi connectivity index (χ2v) is 6.30. The van der Waals surface area contributed by atoms with Crippen LogP contribution in [0.4, 0.5) is 0 Å². The number of rotatable bonds is 5. The minimum absolute atomic E-state index is 0.0304. The molecule has 1 atom stereocenters. The summed E-state index contributed by atoms with van der Waals surface area (Å²) in [4.78, 5) is 15.6. The first-order valence-corrected chi connectivity index (χ1v) is 8.38. The van der Waals surface area contributed by atoms with E-state index in [9.17, 15) is 4.79 Å². The highest BCUT2D eigenvalue weighted by Gasteiger charge is 2.22. The zero-order chi connectivity index (χ0) is 17.8. The number of carbonyl (C=O) groups is 1. The molecule has 1 aromatic carbocycles. The summed E-state index contributed by atoms with van der Waals surface area (Å²) in [6.45, 7) is 3.88. The molecule has 1 saturated heterocycles. The molecule has 3 rings (SSSR count). The maximum Gasteiger partial charge on any atom is 0.246 e. The number of hydrogen-bond acceptors (Lipinski definition) is 6. The molecule has 0 N–H and O–H groups in total. The van der Waals surface area contributed by atoms with Crippen LogP contribution < -0.4 is 9.47 Å². The molecular formula is C17H23N5O3. The summed E-state index contributed by atoms with van der Waals surface area (Å²) in [5.74, 6) is 2.25. The number of hydrogen-bond donors (Lipinski definition) is 0. The van der Waals surface area contributed by atoms with Crippen LogP contribution in [0.1, 0.15) is 19.8 Å². The monoisotopic (exact) mass is 345 g/mol. The Morgan fingerprint density at radius 2 is 2.08 bits per heavy atom. The molecule has 1 aliphatic heterocycles. The van der Waals surface area contributed by atoms with Crippen LogP contribution in [-0.4, -0.2) is 58.3 Å². The third-order valence-electron chi connectivity index (χ3n) is 4.38. The van der Waals surface area contributed by atoms with Crippen molar-refractivity contribution in [1.29, 1.82) is 0 Å². The third-order valence-corrected chi connectivity index (χ3v) is 4.38. The molecule has 0 aliphatic carbocycles. The molecule has 1 fully saturated rings. The van der Waals surface area contributed by atoms with Crippen LogP contribution in [0.2, 0.25) is 0 Å². The number of tetrazole rings is 1. The molecule has 0 spiro atoms. The van der Waals surface area contributed by atoms with Gasteiger partial charge in [-0.05, 0) is 42.2 Å². The Bertz CT molecular complexity index is 746. The fourth-order valence-corrected chi connectivity index (χ4v) is 3.04. The molecule has 1 amide bonds. The van der Waals surface area contributed by atoms with Crippen molar-refractivity contribution in [2.75, 3.05) is 27.3 Å². The van der Waals surface area contributed by atoms with Crippen LogP contribution in [0, 0.1) is 5.92 Å². The van der Waals surface area contributed by atoms with E-state index in [1.54, 1.807) is 26.4 Å². The van der Waals surface area contributed by atoms with E-state index in [4.69, 9.17) is 9.47 Å². The van der Waals surface area contributed by atoms with Crippen molar-refractivity contribution in [3.63, 3.8) is 0 Å². The Hall–Kier alpha value is -2.64. The number of ether oxygens (including phenoxy) is 2. The number of amides is 1. The highest BCUT2D eigenvalue weighted by Crippen LogP contribution is 2.30. The smallest absolute Gasteiger partial charge is 0.246 e. The first-order chi connectivity index (χ1) is 12.1. The average Bonchev–Trinajstić information content (AvgIpc) is 3.09. The SMILES string of the molecule is COc1ccc(-c2nnn(CC(=O)N3CCC[C@H](C)C3)n2)cc1OC. The largest absolute Gasteiger partial charge is 0.493 e. The van der Waals surface area contributed by atoms with Gasteiger partial charge in [-0.1, -0.05) is 6.92 Å². The lowest BCUT2D eigenvalue weighted by molar-refractivity contribution is -0.134. The first kappa shape index (κ1) is 17.2. The normalized spacial score (nSPS) is 17.4. The molecule has 1 aliphatic rings. The van der Waals surface area contributed by atoms with Crippen molar-refractivity contribution in [2.24, 2.45) is 5.92 Å². The van der Waals surface area contributed by atoms with E-state index in [0.717, 1.165) is 25.1 Å². The molecule has 2 heterocycles. The lowest BCUT2D eigenvalue weighted by Gasteiger charge is -2.30. The summed E-state index contributed by atoms with van der Waals surface area (Å²) >= 11 is 0. The van der Waals surface area contributed by atoms with Gasteiger partial charge in [-0.2, -0.15) is 4.80 Å². The molecular weight excluding hydrogens is 322 g/mol. The lowest BCUT2D eigenvalue weighted by Crippen LogP contribution is -2.41. The number of aromatic nitrogens is 4. The molecule has 25 heavy (non-hydrogen) atoms. The van der Waals surface area contributed by atoms with E-state index in [0.29, 0.717) is 23.2 Å². The Labute approximate surface area is 146 Å². The van der Waals surface area contributed by atoms with Crippen molar-refractivity contribution in [3.05, 3.63) is 18.2 Å². The number of likely N-dealkylation sites (tertiary alicyclic amines) is 1. The lowest BCUT2D eigenvalue weighted by atomic mass is 10.0. The van der Waals surface area contributed by atoms with Gasteiger partial charge in [0.2, 0.25) is 11.7 Å². The van der Waals surface area contributed by atoms with Gasteiger partial charge >= 0.3 is 0 Å². The van der Waals surface area contributed by atoms with Gasteiger partial charge in [-0.15, -0.1) is 10.2 Å². The van der Waals surface area contributed by atoms with Crippen molar-refractivity contribution >= 4 is 5.91 Å². The van der Waals surface area contributed by atoms with Gasteiger partial charge in [0.25, 0.3) is 0 Å². The summed E-state index contributed by atoms with van der Waals surface area (Å²) in [6.07, 6.45) is 2.23. The van der Waals surface area contributed by atoms with Crippen LogP contribution in [0.3, 0.4) is 0 Å². The van der Waals surface area contributed by atoms with Crippen molar-refractivity contribution < 1.29 is 14.3 Å². The standard InChI is InChI=1S/C17H23N5O3/c1-12-5-4-8-21(10-12)16(23)11-22-19-17(18-20-22)13-6-7-14(24-2)15(9-13)25-3/h6-7,9,12H,4-5,8,10-11H2,1-3H3/t12-/m0/s1. The second kappa shape index (κ2) is 7.50. The minimum atomic E-state index is 0.0304. The van der Waals surface area contributed by atoms with Crippen molar-refractivity contribution in [3.8, 4) is 22.9 Å². The number of benzene rings is 1. The molecule has 8 nitrogen and oxygen atoms in total. The molecule has 134 valence electrons. The molecule has 0 unspecified atom stereocenters.